The van der Waals surface area contributed by atoms with Gasteiger partial charge in [-0.25, -0.2) is 0 Å². The fraction of sp³-hybridized carbons (Fsp3) is 0.444. The molecule has 0 aliphatic rings. The van der Waals surface area contributed by atoms with Gasteiger partial charge in [0.2, 0.25) is 0 Å². The summed E-state index contributed by atoms with van der Waals surface area (Å²) in [5.41, 5.74) is 3.27. The molecule has 6 nitrogen and oxygen atoms in total. The summed E-state index contributed by atoms with van der Waals surface area (Å²) in [6.45, 7) is 8.98. The standard InChI is InChI=1S/C27H37NO5/c1-5-6-14-32-26-18-22(2)27(23(3)19-26)33-16-9-7-8-15-31-25-12-10-11-24(20-25)21-30-17-13-28-29-4/h5-6,10-13,18-20H,7-9,14-17,21H2,1-4H3/b6-5+,28-13?. The van der Waals surface area contributed by atoms with E-state index in [1.807, 2.05) is 55.5 Å². The summed E-state index contributed by atoms with van der Waals surface area (Å²) in [6, 6.07) is 12.0. The molecule has 0 atom stereocenters. The molecule has 0 radical (unpaired) electrons. The molecule has 0 saturated carbocycles. The maximum Gasteiger partial charge on any atom is 0.125 e. The molecule has 0 fully saturated rings. The molecular formula is C27H37NO5. The lowest BCUT2D eigenvalue weighted by Crippen LogP contribution is -2.04. The number of aryl methyl sites for hydroxylation is 2. The molecule has 2 rings (SSSR count). The number of hydrogen-bond acceptors (Lipinski definition) is 6. The molecule has 0 aromatic heterocycles. The molecule has 180 valence electrons. The van der Waals surface area contributed by atoms with Crippen LogP contribution in [-0.2, 0) is 16.2 Å². The largest absolute Gasteiger partial charge is 0.494 e. The van der Waals surface area contributed by atoms with E-state index < -0.39 is 0 Å². The van der Waals surface area contributed by atoms with Crippen molar-refractivity contribution in [2.45, 2.75) is 46.6 Å². The van der Waals surface area contributed by atoms with Crippen molar-refractivity contribution < 1.29 is 23.8 Å². The van der Waals surface area contributed by atoms with Gasteiger partial charge >= 0.3 is 0 Å². The fourth-order valence-electron chi connectivity index (χ4n) is 3.27. The average molecular weight is 456 g/mol. The Bertz CT molecular complexity index is 856. The maximum absolute atomic E-state index is 6.05. The predicted octanol–water partition coefficient (Wildman–Crippen LogP) is 6.04. The van der Waals surface area contributed by atoms with Gasteiger partial charge in [-0.15, -0.1) is 0 Å². The number of allylic oxidation sites excluding steroid dienone is 1. The molecule has 2 aromatic rings. The first-order chi connectivity index (χ1) is 16.1. The van der Waals surface area contributed by atoms with Gasteiger partial charge in [-0.2, -0.15) is 0 Å². The normalized spacial score (nSPS) is 11.3. The summed E-state index contributed by atoms with van der Waals surface area (Å²) < 4.78 is 23.2. The Morgan fingerprint density at radius 3 is 2.33 bits per heavy atom. The lowest BCUT2D eigenvalue weighted by molar-refractivity contribution is 0.154. The number of ether oxygens (including phenoxy) is 4. The first-order valence-corrected chi connectivity index (χ1v) is 11.5. The smallest absolute Gasteiger partial charge is 0.125 e. The molecule has 0 spiro atoms. The minimum Gasteiger partial charge on any atom is -0.494 e. The second-order valence-corrected chi connectivity index (χ2v) is 7.66. The molecule has 0 bridgehead atoms. The predicted molar refractivity (Wildman–Crippen MR) is 133 cm³/mol. The summed E-state index contributed by atoms with van der Waals surface area (Å²) in [5, 5.41) is 3.64. The number of nitrogens with zero attached hydrogens (tertiary/aromatic N) is 1. The lowest BCUT2D eigenvalue weighted by atomic mass is 10.1. The quantitative estimate of drug-likeness (QED) is 0.134. The molecule has 0 saturated heterocycles. The van der Waals surface area contributed by atoms with Crippen LogP contribution in [0.4, 0.5) is 0 Å². The van der Waals surface area contributed by atoms with E-state index in [0.717, 1.165) is 53.2 Å². The van der Waals surface area contributed by atoms with E-state index >= 15 is 0 Å². The van der Waals surface area contributed by atoms with Crippen molar-refractivity contribution in [2.75, 3.05) is 33.5 Å². The Kier molecular flexibility index (Phi) is 12.5. The third-order valence-electron chi connectivity index (χ3n) is 4.86. The van der Waals surface area contributed by atoms with E-state index in [0.29, 0.717) is 33.0 Å². The summed E-state index contributed by atoms with van der Waals surface area (Å²) in [5.74, 6) is 2.70. The number of benzene rings is 2. The average Bonchev–Trinajstić information content (AvgIpc) is 2.80. The molecular weight excluding hydrogens is 418 g/mol. The van der Waals surface area contributed by atoms with Crippen LogP contribution in [0.5, 0.6) is 17.2 Å². The van der Waals surface area contributed by atoms with Gasteiger partial charge in [0.25, 0.3) is 0 Å². The zero-order valence-corrected chi connectivity index (χ0v) is 20.3. The highest BCUT2D eigenvalue weighted by Crippen LogP contribution is 2.28. The van der Waals surface area contributed by atoms with E-state index in [1.54, 1.807) is 6.21 Å². The number of hydrogen-bond donors (Lipinski definition) is 0. The Labute approximate surface area is 198 Å². The van der Waals surface area contributed by atoms with Crippen molar-refractivity contribution in [3.63, 3.8) is 0 Å². The van der Waals surface area contributed by atoms with Crippen molar-refractivity contribution in [3.8, 4) is 17.2 Å². The van der Waals surface area contributed by atoms with Gasteiger partial charge in [0.05, 0.1) is 32.6 Å². The van der Waals surface area contributed by atoms with Gasteiger partial charge in [-0.3, -0.25) is 0 Å². The van der Waals surface area contributed by atoms with Crippen LogP contribution in [0.1, 0.15) is 42.9 Å². The summed E-state index contributed by atoms with van der Waals surface area (Å²) in [6.07, 6.45) is 8.57. The minimum absolute atomic E-state index is 0.411. The van der Waals surface area contributed by atoms with Crippen molar-refractivity contribution >= 4 is 6.21 Å². The van der Waals surface area contributed by atoms with Crippen molar-refractivity contribution in [1.29, 1.82) is 0 Å². The van der Waals surface area contributed by atoms with Crippen LogP contribution in [0.3, 0.4) is 0 Å². The van der Waals surface area contributed by atoms with Crippen LogP contribution < -0.4 is 14.2 Å². The molecule has 0 aliphatic heterocycles. The summed E-state index contributed by atoms with van der Waals surface area (Å²) >= 11 is 0. The van der Waals surface area contributed by atoms with Gasteiger partial charge in [0, 0.05) is 0 Å². The zero-order valence-electron chi connectivity index (χ0n) is 20.3. The highest BCUT2D eigenvalue weighted by atomic mass is 16.6. The summed E-state index contributed by atoms with van der Waals surface area (Å²) in [7, 11) is 1.51. The van der Waals surface area contributed by atoms with Crippen LogP contribution in [0.2, 0.25) is 0 Å². The first-order valence-electron chi connectivity index (χ1n) is 11.5. The molecule has 33 heavy (non-hydrogen) atoms. The third-order valence-corrected chi connectivity index (χ3v) is 4.86. The maximum atomic E-state index is 6.05. The van der Waals surface area contributed by atoms with E-state index in [2.05, 4.69) is 23.8 Å². The SMILES string of the molecule is C/C=C/COc1cc(C)c(OCCCCCOc2cccc(COCC=NOC)c2)c(C)c1. The number of oxime groups is 1. The van der Waals surface area contributed by atoms with Crippen LogP contribution in [0, 0.1) is 13.8 Å². The number of rotatable bonds is 16. The molecule has 0 aliphatic carbocycles. The number of unbranched alkanes of at least 4 members (excludes halogenated alkanes) is 2. The summed E-state index contributed by atoms with van der Waals surface area (Å²) in [4.78, 5) is 4.60. The monoisotopic (exact) mass is 455 g/mol. The molecule has 0 unspecified atom stereocenters. The highest BCUT2D eigenvalue weighted by Gasteiger charge is 2.07. The van der Waals surface area contributed by atoms with Crippen LogP contribution >= 0.6 is 0 Å². The Morgan fingerprint density at radius 1 is 0.848 bits per heavy atom. The van der Waals surface area contributed by atoms with Crippen LogP contribution in [0.25, 0.3) is 0 Å². The second kappa shape index (κ2) is 15.8. The Balaban J connectivity index is 1.63. The van der Waals surface area contributed by atoms with E-state index in [-0.39, 0.29) is 0 Å². The van der Waals surface area contributed by atoms with Crippen molar-refractivity contribution in [3.05, 3.63) is 65.2 Å². The zero-order chi connectivity index (χ0) is 23.7. The molecule has 6 heteroatoms. The lowest BCUT2D eigenvalue weighted by Gasteiger charge is -2.14. The van der Waals surface area contributed by atoms with Crippen LogP contribution in [0.15, 0.2) is 53.7 Å². The third kappa shape index (κ3) is 10.4. The molecule has 0 amide bonds. The van der Waals surface area contributed by atoms with E-state index in [9.17, 15) is 0 Å². The Morgan fingerprint density at radius 2 is 1.61 bits per heavy atom. The first kappa shape index (κ1) is 26.3. The minimum atomic E-state index is 0.411. The van der Waals surface area contributed by atoms with E-state index in [4.69, 9.17) is 18.9 Å². The van der Waals surface area contributed by atoms with Gasteiger partial charge in [0.1, 0.15) is 31.0 Å². The molecule has 0 heterocycles. The topological polar surface area (TPSA) is 58.5 Å². The van der Waals surface area contributed by atoms with Gasteiger partial charge in [-0.1, -0.05) is 29.4 Å². The van der Waals surface area contributed by atoms with E-state index in [1.165, 1.54) is 7.11 Å². The van der Waals surface area contributed by atoms with Crippen molar-refractivity contribution in [1.82, 2.24) is 0 Å². The van der Waals surface area contributed by atoms with Gasteiger partial charge < -0.3 is 23.8 Å². The van der Waals surface area contributed by atoms with Gasteiger partial charge in [-0.05, 0) is 81.0 Å². The second-order valence-electron chi connectivity index (χ2n) is 7.66. The Hall–Kier alpha value is -2.99. The molecule has 2 aromatic carbocycles. The fourth-order valence-corrected chi connectivity index (χ4v) is 3.27. The van der Waals surface area contributed by atoms with Crippen LogP contribution in [-0.4, -0.2) is 39.8 Å². The molecule has 0 N–H and O–H groups in total. The van der Waals surface area contributed by atoms with Crippen molar-refractivity contribution in [2.24, 2.45) is 5.16 Å². The highest BCUT2D eigenvalue weighted by molar-refractivity contribution is 5.57. The van der Waals surface area contributed by atoms with Gasteiger partial charge in [0.15, 0.2) is 0 Å².